The third-order valence-corrected chi connectivity index (χ3v) is 6.52. The SMILES string of the molecule is COc1ccc2c(c1)CCc1cnc(-n3ncc(C(=O)N4CCN(C(C)=O)CC4)c3C)nc1-2. The Balaban J connectivity index is 1.43. The molecule has 9 nitrogen and oxygen atoms in total. The van der Waals surface area contributed by atoms with Crippen molar-refractivity contribution in [2.45, 2.75) is 26.7 Å². The molecule has 3 heterocycles. The van der Waals surface area contributed by atoms with Crippen molar-refractivity contribution in [2.75, 3.05) is 33.3 Å². The fourth-order valence-electron chi connectivity index (χ4n) is 4.54. The number of nitrogens with zero attached hydrogens (tertiary/aromatic N) is 6. The lowest BCUT2D eigenvalue weighted by Gasteiger charge is -2.34. The number of benzene rings is 1. The van der Waals surface area contributed by atoms with Gasteiger partial charge in [-0.1, -0.05) is 0 Å². The molecular formula is C24H26N6O3. The first-order valence-corrected chi connectivity index (χ1v) is 11.1. The molecule has 9 heteroatoms. The Kier molecular flexibility index (Phi) is 5.32. The number of aromatic nitrogens is 4. The van der Waals surface area contributed by atoms with Crippen LogP contribution in [0.5, 0.6) is 5.75 Å². The molecule has 0 saturated carbocycles. The topological polar surface area (TPSA) is 93.5 Å². The van der Waals surface area contributed by atoms with E-state index in [4.69, 9.17) is 9.72 Å². The van der Waals surface area contributed by atoms with Crippen LogP contribution >= 0.6 is 0 Å². The Morgan fingerprint density at radius 3 is 2.45 bits per heavy atom. The van der Waals surface area contributed by atoms with Crippen molar-refractivity contribution in [2.24, 2.45) is 0 Å². The van der Waals surface area contributed by atoms with E-state index in [1.165, 1.54) is 5.56 Å². The quantitative estimate of drug-likeness (QED) is 0.611. The minimum atomic E-state index is -0.0858. The van der Waals surface area contributed by atoms with Crippen LogP contribution in [0.4, 0.5) is 0 Å². The first kappa shape index (κ1) is 21.1. The smallest absolute Gasteiger partial charge is 0.257 e. The van der Waals surface area contributed by atoms with Crippen LogP contribution in [0.3, 0.4) is 0 Å². The minimum absolute atomic E-state index is 0.0377. The summed E-state index contributed by atoms with van der Waals surface area (Å²) >= 11 is 0. The van der Waals surface area contributed by atoms with Crippen LogP contribution in [0.15, 0.2) is 30.6 Å². The highest BCUT2D eigenvalue weighted by atomic mass is 16.5. The Bertz CT molecular complexity index is 1240. The van der Waals surface area contributed by atoms with E-state index in [9.17, 15) is 9.59 Å². The van der Waals surface area contributed by atoms with Crippen LogP contribution in [0.25, 0.3) is 17.2 Å². The third kappa shape index (κ3) is 3.73. The van der Waals surface area contributed by atoms with Gasteiger partial charge >= 0.3 is 0 Å². The second-order valence-electron chi connectivity index (χ2n) is 8.42. The van der Waals surface area contributed by atoms with Gasteiger partial charge in [0.25, 0.3) is 11.9 Å². The van der Waals surface area contributed by atoms with Gasteiger partial charge in [-0.3, -0.25) is 9.59 Å². The number of piperazine rings is 1. The van der Waals surface area contributed by atoms with Crippen LogP contribution in [0.2, 0.25) is 0 Å². The summed E-state index contributed by atoms with van der Waals surface area (Å²) in [4.78, 5) is 37.6. The number of amides is 2. The summed E-state index contributed by atoms with van der Waals surface area (Å²) < 4.78 is 6.99. The summed E-state index contributed by atoms with van der Waals surface area (Å²) in [5.74, 6) is 1.23. The highest BCUT2D eigenvalue weighted by Crippen LogP contribution is 2.34. The van der Waals surface area contributed by atoms with E-state index in [2.05, 4.69) is 16.1 Å². The van der Waals surface area contributed by atoms with Gasteiger partial charge in [-0.2, -0.15) is 5.10 Å². The fraction of sp³-hybridized carbons (Fsp3) is 0.375. The highest BCUT2D eigenvalue weighted by molar-refractivity contribution is 5.95. The molecule has 0 unspecified atom stereocenters. The van der Waals surface area contributed by atoms with Gasteiger partial charge in [-0.05, 0) is 49.1 Å². The van der Waals surface area contributed by atoms with Crippen molar-refractivity contribution in [3.8, 4) is 23.0 Å². The molecule has 2 aromatic heterocycles. The summed E-state index contributed by atoms with van der Waals surface area (Å²) in [5.41, 5.74) is 5.49. The number of ether oxygens (including phenoxy) is 1. The number of fused-ring (bicyclic) bond motifs is 3. The molecular weight excluding hydrogens is 420 g/mol. The van der Waals surface area contributed by atoms with Crippen molar-refractivity contribution in [1.82, 2.24) is 29.5 Å². The summed E-state index contributed by atoms with van der Waals surface area (Å²) in [6.45, 7) is 5.53. The zero-order valence-corrected chi connectivity index (χ0v) is 19.0. The number of rotatable bonds is 3. The van der Waals surface area contributed by atoms with E-state index >= 15 is 0 Å². The van der Waals surface area contributed by atoms with Gasteiger partial charge < -0.3 is 14.5 Å². The fourth-order valence-corrected chi connectivity index (χ4v) is 4.54. The molecule has 0 atom stereocenters. The Hall–Kier alpha value is -3.75. The Morgan fingerprint density at radius 2 is 1.73 bits per heavy atom. The molecule has 2 amide bonds. The summed E-state index contributed by atoms with van der Waals surface area (Å²) in [6.07, 6.45) is 5.22. The second kappa shape index (κ2) is 8.31. The van der Waals surface area contributed by atoms with Crippen molar-refractivity contribution >= 4 is 11.8 Å². The molecule has 0 N–H and O–H groups in total. The van der Waals surface area contributed by atoms with Gasteiger partial charge in [-0.25, -0.2) is 14.6 Å². The monoisotopic (exact) mass is 446 g/mol. The molecule has 5 rings (SSSR count). The van der Waals surface area contributed by atoms with E-state index in [1.54, 1.807) is 34.7 Å². The number of aryl methyl sites for hydroxylation is 2. The average Bonchev–Trinajstić information content (AvgIpc) is 3.23. The third-order valence-electron chi connectivity index (χ3n) is 6.52. The summed E-state index contributed by atoms with van der Waals surface area (Å²) in [6, 6.07) is 6.04. The maximum atomic E-state index is 13.1. The molecule has 33 heavy (non-hydrogen) atoms. The molecule has 170 valence electrons. The van der Waals surface area contributed by atoms with E-state index in [0.29, 0.717) is 43.4 Å². The number of hydrogen-bond donors (Lipinski definition) is 0. The second-order valence-corrected chi connectivity index (χ2v) is 8.42. The van der Waals surface area contributed by atoms with Gasteiger partial charge in [0.2, 0.25) is 5.91 Å². The predicted octanol–water partition coefficient (Wildman–Crippen LogP) is 2.05. The lowest BCUT2D eigenvalue weighted by molar-refractivity contribution is -0.130. The first-order chi connectivity index (χ1) is 16.0. The van der Waals surface area contributed by atoms with E-state index in [-0.39, 0.29) is 11.8 Å². The van der Waals surface area contributed by atoms with Crippen molar-refractivity contribution in [3.05, 3.63) is 53.0 Å². The largest absolute Gasteiger partial charge is 0.497 e. The number of hydrogen-bond acceptors (Lipinski definition) is 6. The van der Waals surface area contributed by atoms with Crippen LogP contribution in [0, 0.1) is 6.92 Å². The van der Waals surface area contributed by atoms with Crippen LogP contribution in [-0.2, 0) is 17.6 Å². The first-order valence-electron chi connectivity index (χ1n) is 11.1. The van der Waals surface area contributed by atoms with Crippen molar-refractivity contribution < 1.29 is 14.3 Å². The number of carbonyl (C=O) groups excluding carboxylic acids is 2. The van der Waals surface area contributed by atoms with Crippen molar-refractivity contribution in [3.63, 3.8) is 0 Å². The van der Waals surface area contributed by atoms with E-state index in [1.807, 2.05) is 25.3 Å². The summed E-state index contributed by atoms with van der Waals surface area (Å²) in [5, 5.41) is 4.44. The van der Waals surface area contributed by atoms with Gasteiger partial charge in [0.1, 0.15) is 5.75 Å². The molecule has 3 aromatic rings. The molecule has 1 aliphatic carbocycles. The Morgan fingerprint density at radius 1 is 1.00 bits per heavy atom. The normalized spacial score (nSPS) is 15.1. The Labute approximate surface area is 192 Å². The van der Waals surface area contributed by atoms with Gasteiger partial charge in [-0.15, -0.1) is 0 Å². The molecule has 1 aliphatic heterocycles. The maximum absolute atomic E-state index is 13.1. The van der Waals surface area contributed by atoms with Gasteiger partial charge in [0.15, 0.2) is 0 Å². The predicted molar refractivity (Wildman–Crippen MR) is 121 cm³/mol. The molecule has 1 fully saturated rings. The molecule has 2 aliphatic rings. The summed E-state index contributed by atoms with van der Waals surface area (Å²) in [7, 11) is 1.67. The lowest BCUT2D eigenvalue weighted by atomic mass is 9.90. The van der Waals surface area contributed by atoms with Gasteiger partial charge in [0.05, 0.1) is 30.3 Å². The van der Waals surface area contributed by atoms with Crippen LogP contribution in [0.1, 0.15) is 34.1 Å². The van der Waals surface area contributed by atoms with Crippen LogP contribution in [-0.4, -0.2) is 74.7 Å². The maximum Gasteiger partial charge on any atom is 0.257 e. The zero-order chi connectivity index (χ0) is 23.1. The van der Waals surface area contributed by atoms with Crippen LogP contribution < -0.4 is 4.74 Å². The molecule has 0 bridgehead atoms. The average molecular weight is 447 g/mol. The zero-order valence-electron chi connectivity index (χ0n) is 19.0. The van der Waals surface area contributed by atoms with Gasteiger partial charge in [0, 0.05) is 44.9 Å². The molecule has 1 saturated heterocycles. The standard InChI is InChI=1S/C24H26N6O3/c1-15-21(23(32)29-10-8-28(9-11-29)16(2)31)14-26-30(15)24-25-13-18-5-4-17-12-19(33-3)6-7-20(17)22(18)27-24/h6-7,12-14H,4-5,8-11H2,1-3H3. The molecule has 0 spiro atoms. The number of methoxy groups -OCH3 is 1. The van der Waals surface area contributed by atoms with Crippen molar-refractivity contribution in [1.29, 1.82) is 0 Å². The lowest BCUT2D eigenvalue weighted by Crippen LogP contribution is -2.50. The minimum Gasteiger partial charge on any atom is -0.497 e. The molecule has 1 aromatic carbocycles. The van der Waals surface area contributed by atoms with E-state index < -0.39 is 0 Å². The van der Waals surface area contributed by atoms with E-state index in [0.717, 1.165) is 35.4 Å². The highest BCUT2D eigenvalue weighted by Gasteiger charge is 2.27. The number of carbonyl (C=O) groups is 2. The molecule has 0 radical (unpaired) electrons.